The Morgan fingerprint density at radius 3 is 2.67 bits per heavy atom. The maximum absolute atomic E-state index is 13.9. The van der Waals surface area contributed by atoms with Gasteiger partial charge in [-0.3, -0.25) is 13.9 Å². The molecule has 0 aliphatic carbocycles. The molecule has 0 amide bonds. The van der Waals surface area contributed by atoms with Crippen LogP contribution >= 0.6 is 19.5 Å². The molecule has 2 heterocycles. The van der Waals surface area contributed by atoms with Crippen molar-refractivity contribution in [3.63, 3.8) is 0 Å². The number of carbonyl (C=O) groups is 1. The van der Waals surface area contributed by atoms with Crippen LogP contribution in [0.15, 0.2) is 83.9 Å². The second-order valence-electron chi connectivity index (χ2n) is 9.04. The Balaban J connectivity index is 1.26. The van der Waals surface area contributed by atoms with Crippen LogP contribution in [-0.2, 0) is 25.2 Å². The van der Waals surface area contributed by atoms with E-state index in [1.54, 1.807) is 12.1 Å². The molecule has 1 unspecified atom stereocenters. The molecule has 40 heavy (non-hydrogen) atoms. The Labute approximate surface area is 234 Å². The Morgan fingerprint density at radius 1 is 1.07 bits per heavy atom. The van der Waals surface area contributed by atoms with Gasteiger partial charge in [-0.1, -0.05) is 66.7 Å². The van der Waals surface area contributed by atoms with Crippen LogP contribution < -0.4 is 21.0 Å². The molecule has 1 saturated heterocycles. The van der Waals surface area contributed by atoms with E-state index in [0.717, 1.165) is 16.3 Å². The lowest BCUT2D eigenvalue weighted by atomic mass is 10.1. The minimum Gasteiger partial charge on any atom is -0.460 e. The largest absolute Gasteiger partial charge is 0.460 e. The van der Waals surface area contributed by atoms with Crippen LogP contribution in [0.3, 0.4) is 0 Å². The monoisotopic (exact) mass is 581 g/mol. The van der Waals surface area contributed by atoms with Crippen LogP contribution in [0.1, 0.15) is 23.8 Å². The van der Waals surface area contributed by atoms with Crippen molar-refractivity contribution in [1.82, 2.24) is 19.6 Å². The van der Waals surface area contributed by atoms with Crippen LogP contribution in [0.2, 0.25) is 0 Å². The fourth-order valence-corrected chi connectivity index (χ4v) is 7.05. The number of nitrogens with one attached hydrogen (secondary N) is 1. The molecule has 13 heteroatoms. The first kappa shape index (κ1) is 27.9. The summed E-state index contributed by atoms with van der Waals surface area (Å²) in [6, 6.07) is 22.2. The van der Waals surface area contributed by atoms with E-state index >= 15 is 0 Å². The number of hydrogen-bond acceptors (Lipinski definition) is 10. The predicted molar refractivity (Wildman–Crippen MR) is 153 cm³/mol. The summed E-state index contributed by atoms with van der Waals surface area (Å²) in [5, 5.41) is 4.02. The molecule has 0 radical (unpaired) electrons. The molecule has 1 fully saturated rings. The van der Waals surface area contributed by atoms with Crippen molar-refractivity contribution in [2.24, 2.45) is 0 Å². The van der Waals surface area contributed by atoms with E-state index in [0.29, 0.717) is 18.6 Å². The van der Waals surface area contributed by atoms with Gasteiger partial charge in [0.15, 0.2) is 0 Å². The lowest BCUT2D eigenvalue weighted by molar-refractivity contribution is -0.143. The van der Waals surface area contributed by atoms with Gasteiger partial charge in [0.25, 0.3) is 0 Å². The second kappa shape index (κ2) is 12.6. The van der Waals surface area contributed by atoms with Crippen LogP contribution in [-0.4, -0.2) is 38.9 Å². The zero-order valence-corrected chi connectivity index (χ0v) is 23.1. The van der Waals surface area contributed by atoms with Crippen molar-refractivity contribution in [2.45, 2.75) is 30.1 Å². The summed E-state index contributed by atoms with van der Waals surface area (Å²) in [5.41, 5.74) is 5.85. The maximum Gasteiger partial charge on any atom is 0.459 e. The number of rotatable bonds is 11. The first-order valence-corrected chi connectivity index (χ1v) is 15.1. The Kier molecular flexibility index (Phi) is 8.81. The number of benzene rings is 3. The Hall–Kier alpha value is -3.70. The van der Waals surface area contributed by atoms with Crippen molar-refractivity contribution < 1.29 is 23.1 Å². The number of nitrogen functional groups attached to an aromatic ring is 1. The lowest BCUT2D eigenvalue weighted by Gasteiger charge is -2.22. The summed E-state index contributed by atoms with van der Waals surface area (Å²) < 4.78 is 32.5. The van der Waals surface area contributed by atoms with E-state index in [-0.39, 0.29) is 36.3 Å². The highest BCUT2D eigenvalue weighted by atomic mass is 32.2. The van der Waals surface area contributed by atoms with Crippen molar-refractivity contribution in [1.29, 1.82) is 0 Å². The zero-order chi connectivity index (χ0) is 28.0. The van der Waals surface area contributed by atoms with Gasteiger partial charge in [0.05, 0.1) is 12.0 Å². The summed E-state index contributed by atoms with van der Waals surface area (Å²) in [7, 11) is -4.03. The van der Waals surface area contributed by atoms with Crippen LogP contribution in [0.5, 0.6) is 5.75 Å². The van der Waals surface area contributed by atoms with E-state index in [4.69, 9.17) is 19.5 Å². The number of thioether (sulfide) groups is 1. The predicted octanol–water partition coefficient (Wildman–Crippen LogP) is 4.30. The molecular formula is C27H28N5O6PS. The minimum absolute atomic E-state index is 0.0554. The number of carbonyl (C=O) groups excluding carboxylic acids is 1. The number of anilines is 1. The fraction of sp³-hybridized carbons (Fsp3) is 0.259. The van der Waals surface area contributed by atoms with Crippen molar-refractivity contribution in [2.75, 3.05) is 18.9 Å². The van der Waals surface area contributed by atoms with Gasteiger partial charge in [-0.05, 0) is 29.9 Å². The number of aromatic nitrogens is 3. The van der Waals surface area contributed by atoms with Gasteiger partial charge < -0.3 is 15.0 Å². The second-order valence-corrected chi connectivity index (χ2v) is 12.3. The maximum atomic E-state index is 13.9. The van der Waals surface area contributed by atoms with Gasteiger partial charge in [-0.25, -0.2) is 19.4 Å². The van der Waals surface area contributed by atoms with E-state index in [1.165, 1.54) is 22.7 Å². The molecule has 0 saturated carbocycles. The van der Waals surface area contributed by atoms with Crippen LogP contribution in [0, 0.1) is 0 Å². The number of nitrogens with two attached hydrogens (primary N) is 1. The number of ether oxygens (including phenoxy) is 1. The number of esters is 1. The summed E-state index contributed by atoms with van der Waals surface area (Å²) in [6.07, 6.45) is 2.74. The van der Waals surface area contributed by atoms with E-state index < -0.39 is 19.4 Å². The Morgan fingerprint density at radius 2 is 1.85 bits per heavy atom. The normalized spacial score (nSPS) is 18.3. The van der Waals surface area contributed by atoms with Crippen molar-refractivity contribution in [3.05, 3.63) is 95.2 Å². The van der Waals surface area contributed by atoms with E-state index in [1.807, 2.05) is 60.7 Å². The van der Waals surface area contributed by atoms with Crippen LogP contribution in [0.4, 0.5) is 5.95 Å². The summed E-state index contributed by atoms with van der Waals surface area (Å²) in [5.74, 6) is -0.328. The smallest absolute Gasteiger partial charge is 0.459 e. The van der Waals surface area contributed by atoms with Gasteiger partial charge >= 0.3 is 19.4 Å². The van der Waals surface area contributed by atoms with Crippen LogP contribution in [0.25, 0.3) is 10.8 Å². The number of hydrogen-bond donors (Lipinski definition) is 2. The number of fused-ring (bicyclic) bond motifs is 1. The van der Waals surface area contributed by atoms with Gasteiger partial charge in [0.2, 0.25) is 5.95 Å². The molecule has 3 atom stereocenters. The molecule has 4 aromatic rings. The summed E-state index contributed by atoms with van der Waals surface area (Å²) in [4.78, 5) is 32.3. The zero-order valence-electron chi connectivity index (χ0n) is 21.4. The van der Waals surface area contributed by atoms with E-state index in [9.17, 15) is 14.2 Å². The third-order valence-corrected chi connectivity index (χ3v) is 9.20. The fourth-order valence-electron chi connectivity index (χ4n) is 4.21. The van der Waals surface area contributed by atoms with E-state index in [2.05, 4.69) is 15.1 Å². The van der Waals surface area contributed by atoms with Crippen molar-refractivity contribution in [3.8, 4) is 5.75 Å². The molecule has 0 spiro atoms. The van der Waals surface area contributed by atoms with Gasteiger partial charge in [0, 0.05) is 10.6 Å². The number of nitrogens with zero attached hydrogens (tertiary/aromatic N) is 3. The SMILES string of the molecule is Nc1ncn([C@H]2CC[C@@H](COP(=O)(NCC(=O)OCc3ccccc3)Oc3cccc4ccccc34)S2)c(=O)n1. The molecular weight excluding hydrogens is 553 g/mol. The molecule has 0 bridgehead atoms. The quantitative estimate of drug-likeness (QED) is 0.193. The molecule has 1 aliphatic heterocycles. The highest BCUT2D eigenvalue weighted by molar-refractivity contribution is 8.00. The minimum atomic E-state index is -4.03. The summed E-state index contributed by atoms with van der Waals surface area (Å²) >= 11 is 1.48. The molecule has 11 nitrogen and oxygen atoms in total. The first-order valence-electron chi connectivity index (χ1n) is 12.6. The highest BCUT2D eigenvalue weighted by Crippen LogP contribution is 2.48. The average molecular weight is 582 g/mol. The first-order chi connectivity index (χ1) is 19.4. The average Bonchev–Trinajstić information content (AvgIpc) is 3.44. The standard InChI is InChI=1S/C27H28N5O6PS/c28-26-29-18-32(27(34)31-26)24-14-13-21(40-24)17-37-39(35,30-15-25(33)36-16-19-7-2-1-3-8-19)38-23-12-6-10-20-9-4-5-11-22(20)23/h1-12,18,21,24H,13-17H2,(H,30,35)(H2,28,31,34)/t21-,24+,39?/m0/s1. The molecule has 1 aliphatic rings. The van der Waals surface area contributed by atoms with Gasteiger partial charge in [0.1, 0.15) is 25.2 Å². The molecule has 3 aromatic carbocycles. The van der Waals surface area contributed by atoms with Crippen molar-refractivity contribution >= 4 is 42.2 Å². The highest BCUT2D eigenvalue weighted by Gasteiger charge is 2.33. The third kappa shape index (κ3) is 7.08. The molecule has 5 rings (SSSR count). The summed E-state index contributed by atoms with van der Waals surface area (Å²) in [6.45, 7) is -0.238. The Bertz CT molecular complexity index is 1580. The third-order valence-electron chi connectivity index (χ3n) is 6.20. The molecule has 208 valence electrons. The lowest BCUT2D eigenvalue weighted by Crippen LogP contribution is -2.27. The van der Waals surface area contributed by atoms with Gasteiger partial charge in [-0.15, -0.1) is 11.8 Å². The van der Waals surface area contributed by atoms with Gasteiger partial charge in [-0.2, -0.15) is 4.98 Å². The molecule has 3 N–H and O–H groups in total. The molecule has 1 aromatic heterocycles. The topological polar surface area (TPSA) is 148 Å².